The van der Waals surface area contributed by atoms with Gasteiger partial charge in [-0.1, -0.05) is 22.9 Å². The number of aryl methyl sites for hydroxylation is 2. The predicted octanol–water partition coefficient (Wildman–Crippen LogP) is 3.97. The molecule has 9 heteroatoms. The Morgan fingerprint density at radius 3 is 2.56 bits per heavy atom. The number of nitrogens with zero attached hydrogens (tertiary/aromatic N) is 2. The van der Waals surface area contributed by atoms with E-state index in [1.807, 2.05) is 18.4 Å². The molecule has 0 aliphatic heterocycles. The molecule has 134 valence electrons. The van der Waals surface area contributed by atoms with Gasteiger partial charge in [0.25, 0.3) is 10.0 Å². The average Bonchev–Trinajstić information content (AvgIpc) is 3.10. The van der Waals surface area contributed by atoms with Crippen LogP contribution in [0.2, 0.25) is 4.34 Å². The Morgan fingerprint density at radius 1 is 1.20 bits per heavy atom. The number of fused-ring (bicyclic) bond motifs is 1. The fraction of sp³-hybridized carbons (Fsp3) is 0.312. The molecule has 0 bridgehead atoms. The molecular weight excluding hydrogens is 400 g/mol. The number of thiazole rings is 1. The van der Waals surface area contributed by atoms with Gasteiger partial charge in [-0.2, -0.15) is 8.42 Å². The van der Waals surface area contributed by atoms with Crippen molar-refractivity contribution in [3.8, 4) is 0 Å². The molecular formula is C16H17ClN2O3S3. The summed E-state index contributed by atoms with van der Waals surface area (Å²) in [7, 11) is -2.18. The molecule has 3 rings (SSSR count). The molecule has 0 spiro atoms. The van der Waals surface area contributed by atoms with E-state index < -0.39 is 10.0 Å². The highest BCUT2D eigenvalue weighted by Gasteiger charge is 2.17. The van der Waals surface area contributed by atoms with Crippen LogP contribution in [0.25, 0.3) is 10.2 Å². The van der Waals surface area contributed by atoms with Crippen molar-refractivity contribution in [2.24, 2.45) is 4.40 Å². The molecule has 0 aliphatic rings. The van der Waals surface area contributed by atoms with Gasteiger partial charge >= 0.3 is 0 Å². The molecule has 2 heterocycles. The molecule has 0 fully saturated rings. The van der Waals surface area contributed by atoms with Gasteiger partial charge in [-0.25, -0.2) is 0 Å². The largest absolute Gasteiger partial charge is 0.383 e. The maximum atomic E-state index is 12.6. The van der Waals surface area contributed by atoms with E-state index in [1.54, 1.807) is 13.2 Å². The first-order valence-corrected chi connectivity index (χ1v) is 10.9. The fourth-order valence-corrected chi connectivity index (χ4v) is 6.17. The molecule has 0 saturated carbocycles. The lowest BCUT2D eigenvalue weighted by Crippen LogP contribution is -2.19. The molecule has 1 aromatic carbocycles. The van der Waals surface area contributed by atoms with Crippen molar-refractivity contribution >= 4 is 54.5 Å². The zero-order valence-corrected chi connectivity index (χ0v) is 17.2. The number of hydrogen-bond donors (Lipinski definition) is 0. The van der Waals surface area contributed by atoms with Gasteiger partial charge < -0.3 is 9.30 Å². The van der Waals surface area contributed by atoms with E-state index >= 15 is 0 Å². The zero-order chi connectivity index (χ0) is 18.2. The van der Waals surface area contributed by atoms with Crippen molar-refractivity contribution < 1.29 is 13.2 Å². The summed E-state index contributed by atoms with van der Waals surface area (Å²) < 4.78 is 37.9. The molecule has 0 amide bonds. The summed E-state index contributed by atoms with van der Waals surface area (Å²) in [6, 6.07) is 7.16. The number of halogens is 1. The molecule has 0 aliphatic carbocycles. The van der Waals surface area contributed by atoms with Crippen molar-refractivity contribution in [2.45, 2.75) is 24.6 Å². The molecule has 2 aromatic heterocycles. The maximum absolute atomic E-state index is 12.6. The lowest BCUT2D eigenvalue weighted by Gasteiger charge is -2.06. The van der Waals surface area contributed by atoms with E-state index in [9.17, 15) is 8.42 Å². The first kappa shape index (κ1) is 18.6. The second-order valence-electron chi connectivity index (χ2n) is 5.56. The van der Waals surface area contributed by atoms with Crippen LogP contribution in [0.3, 0.4) is 0 Å². The molecule has 0 N–H and O–H groups in total. The first-order chi connectivity index (χ1) is 11.8. The molecule has 0 atom stereocenters. The minimum atomic E-state index is -3.80. The van der Waals surface area contributed by atoms with E-state index in [0.29, 0.717) is 22.3 Å². The van der Waals surface area contributed by atoms with Crippen LogP contribution in [0.4, 0.5) is 0 Å². The number of methoxy groups -OCH3 is 1. The number of sulfonamides is 1. The van der Waals surface area contributed by atoms with Crippen LogP contribution < -0.4 is 4.80 Å². The van der Waals surface area contributed by atoms with Crippen LogP contribution >= 0.6 is 34.3 Å². The third-order valence-corrected chi connectivity index (χ3v) is 7.94. The minimum Gasteiger partial charge on any atom is -0.383 e. The Morgan fingerprint density at radius 2 is 1.92 bits per heavy atom. The topological polar surface area (TPSA) is 60.7 Å². The van der Waals surface area contributed by atoms with Crippen LogP contribution in [0.1, 0.15) is 11.1 Å². The number of benzene rings is 1. The summed E-state index contributed by atoms with van der Waals surface area (Å²) in [5.41, 5.74) is 3.27. The van der Waals surface area contributed by atoms with Gasteiger partial charge in [0.1, 0.15) is 4.21 Å². The van der Waals surface area contributed by atoms with Crippen LogP contribution in [-0.2, 0) is 21.3 Å². The van der Waals surface area contributed by atoms with E-state index in [0.717, 1.165) is 32.7 Å². The van der Waals surface area contributed by atoms with Crippen molar-refractivity contribution in [3.05, 3.63) is 44.5 Å². The maximum Gasteiger partial charge on any atom is 0.294 e. The van der Waals surface area contributed by atoms with Gasteiger partial charge in [0, 0.05) is 13.7 Å². The summed E-state index contributed by atoms with van der Waals surface area (Å²) in [5.74, 6) is 0. The molecule has 3 aromatic rings. The standard InChI is InChI=1S/C16H17ClN2O3S3/c1-10-8-12-13(9-11(10)2)23-16(19(12)6-7-22-3)18-25(20,21)15-5-4-14(17)24-15/h4-5,8-9H,6-7H2,1-3H3/b18-16-. The monoisotopic (exact) mass is 416 g/mol. The van der Waals surface area contributed by atoms with Gasteiger partial charge in [-0.3, -0.25) is 0 Å². The number of hydrogen-bond acceptors (Lipinski definition) is 5. The van der Waals surface area contributed by atoms with E-state index in [2.05, 4.69) is 16.5 Å². The Hall–Kier alpha value is -1.19. The lowest BCUT2D eigenvalue weighted by molar-refractivity contribution is 0.187. The van der Waals surface area contributed by atoms with Crippen molar-refractivity contribution in [1.82, 2.24) is 4.57 Å². The van der Waals surface area contributed by atoms with Crippen LogP contribution in [-0.4, -0.2) is 26.7 Å². The lowest BCUT2D eigenvalue weighted by atomic mass is 10.1. The van der Waals surface area contributed by atoms with Gasteiger partial charge in [0.2, 0.25) is 4.80 Å². The summed E-state index contributed by atoms with van der Waals surface area (Å²) in [4.78, 5) is 0.432. The summed E-state index contributed by atoms with van der Waals surface area (Å²) >= 11 is 8.22. The summed E-state index contributed by atoms with van der Waals surface area (Å²) in [6.45, 7) is 5.07. The molecule has 0 saturated heterocycles. The Labute approximate surface area is 159 Å². The highest BCUT2D eigenvalue weighted by Crippen LogP contribution is 2.27. The van der Waals surface area contributed by atoms with Gasteiger partial charge in [-0.05, 0) is 49.2 Å². The van der Waals surface area contributed by atoms with Crippen LogP contribution in [0.15, 0.2) is 32.9 Å². The third kappa shape index (κ3) is 3.83. The molecule has 0 unspecified atom stereocenters. The van der Waals surface area contributed by atoms with Crippen molar-refractivity contribution in [1.29, 1.82) is 0 Å². The van der Waals surface area contributed by atoms with E-state index in [-0.39, 0.29) is 4.21 Å². The molecule has 0 radical (unpaired) electrons. The number of rotatable bonds is 5. The van der Waals surface area contributed by atoms with Gasteiger partial charge in [0.05, 0.1) is 21.2 Å². The summed E-state index contributed by atoms with van der Waals surface area (Å²) in [5, 5.41) is 0. The molecule has 5 nitrogen and oxygen atoms in total. The quantitative estimate of drug-likeness (QED) is 0.632. The first-order valence-electron chi connectivity index (χ1n) is 7.47. The summed E-state index contributed by atoms with van der Waals surface area (Å²) in [6.07, 6.45) is 0. The fourth-order valence-electron chi connectivity index (χ4n) is 2.37. The van der Waals surface area contributed by atoms with Crippen LogP contribution in [0, 0.1) is 13.8 Å². The van der Waals surface area contributed by atoms with Crippen molar-refractivity contribution in [3.63, 3.8) is 0 Å². The van der Waals surface area contributed by atoms with Gasteiger partial charge in [-0.15, -0.1) is 15.7 Å². The predicted molar refractivity (Wildman–Crippen MR) is 103 cm³/mol. The normalized spacial score (nSPS) is 13.0. The Kier molecular flexibility index (Phi) is 5.36. The van der Waals surface area contributed by atoms with Crippen LogP contribution in [0.5, 0.6) is 0 Å². The number of aromatic nitrogens is 1. The highest BCUT2D eigenvalue weighted by molar-refractivity contribution is 7.92. The highest BCUT2D eigenvalue weighted by atomic mass is 35.5. The minimum absolute atomic E-state index is 0.139. The second-order valence-corrected chi connectivity index (χ2v) is 10.1. The third-order valence-electron chi connectivity index (χ3n) is 3.82. The van der Waals surface area contributed by atoms with E-state index in [1.165, 1.54) is 17.4 Å². The smallest absolute Gasteiger partial charge is 0.294 e. The van der Waals surface area contributed by atoms with Crippen molar-refractivity contribution in [2.75, 3.05) is 13.7 Å². The Bertz CT molecular complexity index is 1090. The zero-order valence-electron chi connectivity index (χ0n) is 13.9. The number of thiophene rings is 1. The molecule has 25 heavy (non-hydrogen) atoms. The number of ether oxygens (including phenoxy) is 1. The average molecular weight is 417 g/mol. The Balaban J connectivity index is 2.23. The van der Waals surface area contributed by atoms with E-state index in [4.69, 9.17) is 16.3 Å². The second kappa shape index (κ2) is 7.20. The SMILES string of the molecule is COCCn1/c(=N/S(=O)(=O)c2ccc(Cl)s2)sc2cc(C)c(C)cc21. The van der Waals surface area contributed by atoms with Gasteiger partial charge in [0.15, 0.2) is 0 Å².